The van der Waals surface area contributed by atoms with Crippen LogP contribution in [0.3, 0.4) is 0 Å². The minimum Gasteiger partial charge on any atom is -0.392 e. The van der Waals surface area contributed by atoms with E-state index in [0.29, 0.717) is 33.3 Å². The molecule has 5 rings (SSSR count). The van der Waals surface area contributed by atoms with Gasteiger partial charge >= 0.3 is 6.18 Å². The number of sulfone groups is 1. The lowest BCUT2D eigenvalue weighted by molar-refractivity contribution is -0.141. The van der Waals surface area contributed by atoms with Crippen LogP contribution in [0.1, 0.15) is 17.1 Å². The van der Waals surface area contributed by atoms with Crippen LogP contribution in [0.15, 0.2) is 78.1 Å². The topological polar surface area (TPSA) is 90.0 Å². The third kappa shape index (κ3) is 5.50. The molecule has 0 fully saturated rings. The molecule has 0 saturated carbocycles. The maximum Gasteiger partial charge on any atom is 0.434 e. The highest BCUT2D eigenvalue weighted by molar-refractivity contribution is 7.90. The zero-order valence-electron chi connectivity index (χ0n) is 21.5. The van der Waals surface area contributed by atoms with E-state index in [1.807, 2.05) is 0 Å². The summed E-state index contributed by atoms with van der Waals surface area (Å²) < 4.78 is 83.2. The van der Waals surface area contributed by atoms with E-state index >= 15 is 0 Å². The maximum absolute atomic E-state index is 15.0. The molecule has 1 N–H and O–H groups in total. The van der Waals surface area contributed by atoms with E-state index in [2.05, 4.69) is 9.97 Å². The number of aliphatic hydroxyl groups excluding tert-OH is 1. The Morgan fingerprint density at radius 3 is 2.32 bits per heavy atom. The van der Waals surface area contributed by atoms with Gasteiger partial charge in [-0.25, -0.2) is 22.8 Å². The number of alkyl halides is 3. The molecular formula is C28H21ClF4N4O3S. The van der Waals surface area contributed by atoms with Gasteiger partial charge < -0.3 is 9.67 Å². The van der Waals surface area contributed by atoms with Crippen molar-refractivity contribution in [1.29, 1.82) is 0 Å². The molecule has 0 atom stereocenters. The molecule has 0 saturated heterocycles. The van der Waals surface area contributed by atoms with E-state index in [9.17, 15) is 31.1 Å². The number of rotatable bonds is 6. The first-order valence-electron chi connectivity index (χ1n) is 12.0. The van der Waals surface area contributed by atoms with Gasteiger partial charge in [0.25, 0.3) is 0 Å². The molecule has 2 aromatic heterocycles. The summed E-state index contributed by atoms with van der Waals surface area (Å²) in [4.78, 5) is 7.77. The Bertz CT molecular complexity index is 1880. The first kappa shape index (κ1) is 28.5. The fraction of sp³-hybridized carbons (Fsp3) is 0.143. The Hall–Kier alpha value is -4.00. The molecule has 13 heteroatoms. The molecule has 0 bridgehead atoms. The second kappa shape index (κ2) is 10.4. The summed E-state index contributed by atoms with van der Waals surface area (Å²) in [6.45, 7) is 0.610. The lowest BCUT2D eigenvalue weighted by Gasteiger charge is -2.17. The normalized spacial score (nSPS) is 12.2. The Balaban J connectivity index is 1.78. The fourth-order valence-corrected chi connectivity index (χ4v) is 5.61. The van der Waals surface area contributed by atoms with E-state index < -0.39 is 34.1 Å². The van der Waals surface area contributed by atoms with Gasteiger partial charge in [-0.3, -0.25) is 4.57 Å². The summed E-state index contributed by atoms with van der Waals surface area (Å²) in [6.07, 6.45) is 0.281. The van der Waals surface area contributed by atoms with Crippen molar-refractivity contribution in [3.63, 3.8) is 0 Å². The molecule has 41 heavy (non-hydrogen) atoms. The number of aryl methyl sites for hydroxylation is 1. The summed E-state index contributed by atoms with van der Waals surface area (Å²) in [5.41, 5.74) is 0.406. The molecule has 7 nitrogen and oxygen atoms in total. The average Bonchev–Trinajstić information content (AvgIpc) is 3.55. The monoisotopic (exact) mass is 604 g/mol. The molecular weight excluding hydrogens is 584 g/mol. The highest BCUT2D eigenvalue weighted by Gasteiger charge is 2.35. The van der Waals surface area contributed by atoms with Gasteiger partial charge in [-0.2, -0.15) is 13.2 Å². The molecule has 2 heterocycles. The van der Waals surface area contributed by atoms with E-state index in [4.69, 9.17) is 11.6 Å². The van der Waals surface area contributed by atoms with E-state index in [1.165, 1.54) is 35.9 Å². The molecule has 3 aromatic carbocycles. The van der Waals surface area contributed by atoms with Gasteiger partial charge in [0.2, 0.25) is 0 Å². The zero-order chi connectivity index (χ0) is 29.7. The highest BCUT2D eigenvalue weighted by Crippen LogP contribution is 2.36. The van der Waals surface area contributed by atoms with Crippen molar-refractivity contribution in [1.82, 2.24) is 19.1 Å². The van der Waals surface area contributed by atoms with Crippen LogP contribution in [-0.2, 0) is 22.6 Å². The second-order valence-corrected chi connectivity index (χ2v) is 11.7. The first-order valence-corrected chi connectivity index (χ1v) is 14.3. The number of halogens is 5. The van der Waals surface area contributed by atoms with Crippen LogP contribution in [0.25, 0.3) is 33.9 Å². The smallest absolute Gasteiger partial charge is 0.392 e. The van der Waals surface area contributed by atoms with Crippen molar-refractivity contribution in [2.75, 3.05) is 6.26 Å². The van der Waals surface area contributed by atoms with Crippen molar-refractivity contribution < 1.29 is 31.1 Å². The minimum absolute atomic E-state index is 0.0635. The zero-order valence-corrected chi connectivity index (χ0v) is 23.1. The lowest BCUT2D eigenvalue weighted by Crippen LogP contribution is -2.06. The van der Waals surface area contributed by atoms with Crippen molar-refractivity contribution >= 4 is 21.4 Å². The van der Waals surface area contributed by atoms with Crippen molar-refractivity contribution in [2.45, 2.75) is 24.6 Å². The van der Waals surface area contributed by atoms with E-state index in [0.717, 1.165) is 18.5 Å². The van der Waals surface area contributed by atoms with Crippen LogP contribution in [0, 0.1) is 12.7 Å². The molecule has 212 valence electrons. The summed E-state index contributed by atoms with van der Waals surface area (Å²) in [6, 6.07) is 13.8. The number of aromatic nitrogens is 4. The van der Waals surface area contributed by atoms with Crippen LogP contribution in [0.4, 0.5) is 17.6 Å². The molecule has 0 radical (unpaired) electrons. The molecule has 0 amide bonds. The summed E-state index contributed by atoms with van der Waals surface area (Å²) >= 11 is 6.04. The van der Waals surface area contributed by atoms with Gasteiger partial charge in [0.1, 0.15) is 17.5 Å². The first-order chi connectivity index (χ1) is 19.3. The van der Waals surface area contributed by atoms with Crippen LogP contribution < -0.4 is 0 Å². The van der Waals surface area contributed by atoms with Crippen LogP contribution in [0.5, 0.6) is 0 Å². The minimum atomic E-state index is -4.67. The molecule has 0 aliphatic rings. The third-order valence-corrected chi connectivity index (χ3v) is 7.88. The Labute approximate surface area is 237 Å². The number of benzene rings is 3. The highest BCUT2D eigenvalue weighted by atomic mass is 35.5. The van der Waals surface area contributed by atoms with Crippen LogP contribution in [-0.4, -0.2) is 38.9 Å². The van der Waals surface area contributed by atoms with E-state index in [1.54, 1.807) is 41.1 Å². The number of nitrogens with zero attached hydrogens (tertiary/aromatic N) is 4. The molecule has 5 aromatic rings. The summed E-state index contributed by atoms with van der Waals surface area (Å²) in [5, 5.41) is 10.1. The summed E-state index contributed by atoms with van der Waals surface area (Å²) in [5.74, 6) is -0.519. The predicted molar refractivity (Wildman–Crippen MR) is 145 cm³/mol. The molecule has 0 aliphatic carbocycles. The Morgan fingerprint density at radius 1 is 1.00 bits per heavy atom. The number of hydrogen-bond acceptors (Lipinski definition) is 5. The quantitative estimate of drug-likeness (QED) is 0.226. The molecule has 0 aliphatic heterocycles. The standard InChI is InChI=1S/C28H21ClF4N4O3S/c1-16-35-26(28(31,32)33)14-37(16)24-8-3-17(18-12-23(30)22(15-38)25(13-18)41(2,39)40)11-21(24)27-34-9-10-36(27)20-6-4-19(29)5-7-20/h3-14,38H,15H2,1-2H3. The van der Waals surface area contributed by atoms with Gasteiger partial charge in [0, 0.05) is 46.7 Å². The Morgan fingerprint density at radius 2 is 1.71 bits per heavy atom. The van der Waals surface area contributed by atoms with Crippen molar-refractivity contribution in [2.24, 2.45) is 0 Å². The average molecular weight is 605 g/mol. The van der Waals surface area contributed by atoms with Crippen molar-refractivity contribution in [3.05, 3.63) is 101 Å². The second-order valence-electron chi connectivity index (χ2n) is 9.24. The number of imidazole rings is 2. The SMILES string of the molecule is Cc1nc(C(F)(F)F)cn1-c1ccc(-c2cc(F)c(CO)c(S(C)(=O)=O)c2)cc1-c1nccn1-c1ccc(Cl)cc1. The van der Waals surface area contributed by atoms with Crippen LogP contribution in [0.2, 0.25) is 5.02 Å². The van der Waals surface area contributed by atoms with Gasteiger partial charge in [0.05, 0.1) is 17.2 Å². The van der Waals surface area contributed by atoms with Gasteiger partial charge in [-0.15, -0.1) is 0 Å². The third-order valence-electron chi connectivity index (χ3n) is 6.46. The van der Waals surface area contributed by atoms with E-state index in [-0.39, 0.29) is 21.8 Å². The maximum atomic E-state index is 15.0. The molecule has 0 spiro atoms. The largest absolute Gasteiger partial charge is 0.434 e. The fourth-order valence-electron chi connectivity index (χ4n) is 4.53. The number of aliphatic hydroxyl groups is 1. The molecule has 0 unspecified atom stereocenters. The predicted octanol–water partition coefficient (Wildman–Crippen LogP) is 6.41. The summed E-state index contributed by atoms with van der Waals surface area (Å²) in [7, 11) is -3.91. The van der Waals surface area contributed by atoms with Gasteiger partial charge in [-0.1, -0.05) is 17.7 Å². The van der Waals surface area contributed by atoms with Gasteiger partial charge in [-0.05, 0) is 66.6 Å². The van der Waals surface area contributed by atoms with Crippen LogP contribution >= 0.6 is 11.6 Å². The van der Waals surface area contributed by atoms with Crippen molar-refractivity contribution in [3.8, 4) is 33.9 Å². The lowest BCUT2D eigenvalue weighted by atomic mass is 9.99. The number of hydrogen-bond donors (Lipinski definition) is 1. The Kier molecular flexibility index (Phi) is 7.26. The van der Waals surface area contributed by atoms with Gasteiger partial charge in [0.15, 0.2) is 15.5 Å².